The second-order valence-electron chi connectivity index (χ2n) is 5.77. The van der Waals surface area contributed by atoms with Crippen LogP contribution in [0.1, 0.15) is 31.2 Å². The third-order valence-electron chi connectivity index (χ3n) is 3.91. The van der Waals surface area contributed by atoms with Gasteiger partial charge in [0.2, 0.25) is 0 Å². The van der Waals surface area contributed by atoms with Crippen molar-refractivity contribution in [2.75, 3.05) is 18.0 Å². The highest BCUT2D eigenvalue weighted by atomic mass is 35.5. The Bertz CT molecular complexity index is 512. The first-order valence-corrected chi connectivity index (χ1v) is 7.44. The smallest absolute Gasteiger partial charge is 0.171 e. The first-order chi connectivity index (χ1) is 9.69. The Morgan fingerprint density at radius 2 is 1.95 bits per heavy atom. The van der Waals surface area contributed by atoms with E-state index in [1.807, 2.05) is 0 Å². The number of amidine groups is 1. The molecule has 1 aromatic heterocycles. The van der Waals surface area contributed by atoms with E-state index in [9.17, 15) is 0 Å². The Kier molecular flexibility index (Phi) is 3.70. The van der Waals surface area contributed by atoms with Gasteiger partial charge in [-0.3, -0.25) is 0 Å². The van der Waals surface area contributed by atoms with Crippen LogP contribution in [-0.4, -0.2) is 29.1 Å². The highest BCUT2D eigenvalue weighted by molar-refractivity contribution is 6.36. The molecule has 1 heterocycles. The van der Waals surface area contributed by atoms with Crippen LogP contribution in [0.25, 0.3) is 0 Å². The van der Waals surface area contributed by atoms with Gasteiger partial charge in [0.25, 0.3) is 0 Å². The maximum atomic E-state index is 8.82. The minimum atomic E-state index is 0.0245. The molecule has 2 saturated carbocycles. The van der Waals surface area contributed by atoms with Gasteiger partial charge in [-0.15, -0.1) is 0 Å². The minimum absolute atomic E-state index is 0.0245. The molecule has 3 N–H and O–H groups in total. The van der Waals surface area contributed by atoms with Crippen molar-refractivity contribution in [1.82, 2.24) is 4.98 Å². The minimum Gasteiger partial charge on any atom is -0.409 e. The topological polar surface area (TPSA) is 74.7 Å². The van der Waals surface area contributed by atoms with E-state index in [-0.39, 0.29) is 5.84 Å². The van der Waals surface area contributed by atoms with Gasteiger partial charge in [0.1, 0.15) is 5.82 Å². The molecule has 0 radical (unpaired) electrons. The Hall–Kier alpha value is -1.49. The predicted molar refractivity (Wildman–Crippen MR) is 79.4 cm³/mol. The van der Waals surface area contributed by atoms with Gasteiger partial charge in [0, 0.05) is 24.8 Å². The zero-order chi connectivity index (χ0) is 14.1. The Morgan fingerprint density at radius 3 is 2.45 bits per heavy atom. The lowest BCUT2D eigenvalue weighted by Crippen LogP contribution is -2.30. The number of aromatic nitrogens is 1. The third-order valence-corrected chi connectivity index (χ3v) is 4.28. The molecule has 0 aliphatic heterocycles. The van der Waals surface area contributed by atoms with Crippen LogP contribution in [0.3, 0.4) is 0 Å². The maximum absolute atomic E-state index is 8.82. The summed E-state index contributed by atoms with van der Waals surface area (Å²) >= 11 is 6.41. The first kappa shape index (κ1) is 13.5. The number of anilines is 1. The molecular formula is C14H19ClN4O. The predicted octanol–water partition coefficient (Wildman–Crippen LogP) is 2.46. The maximum Gasteiger partial charge on any atom is 0.171 e. The highest BCUT2D eigenvalue weighted by Gasteiger charge is 2.31. The Labute approximate surface area is 123 Å². The summed E-state index contributed by atoms with van der Waals surface area (Å²) in [6.45, 7) is 2.01. The van der Waals surface area contributed by atoms with Crippen molar-refractivity contribution in [3.05, 3.63) is 22.8 Å². The van der Waals surface area contributed by atoms with Crippen molar-refractivity contribution < 1.29 is 5.21 Å². The van der Waals surface area contributed by atoms with Crippen LogP contribution in [0.15, 0.2) is 17.4 Å². The number of rotatable bonds is 6. The van der Waals surface area contributed by atoms with Crippen molar-refractivity contribution in [2.24, 2.45) is 22.7 Å². The van der Waals surface area contributed by atoms with Gasteiger partial charge in [-0.2, -0.15) is 0 Å². The van der Waals surface area contributed by atoms with Gasteiger partial charge in [-0.05, 0) is 43.6 Å². The molecule has 2 aliphatic carbocycles. The van der Waals surface area contributed by atoms with Crippen molar-refractivity contribution in [2.45, 2.75) is 25.7 Å². The van der Waals surface area contributed by atoms with Crippen LogP contribution < -0.4 is 10.6 Å². The second kappa shape index (κ2) is 5.48. The molecule has 0 atom stereocenters. The lowest BCUT2D eigenvalue weighted by Gasteiger charge is -2.25. The fourth-order valence-electron chi connectivity index (χ4n) is 2.38. The molecular weight excluding hydrogens is 276 g/mol. The van der Waals surface area contributed by atoms with Crippen LogP contribution in [0, 0.1) is 11.8 Å². The fraction of sp³-hybridized carbons (Fsp3) is 0.571. The molecule has 0 saturated heterocycles. The van der Waals surface area contributed by atoms with Crippen LogP contribution in [0.5, 0.6) is 0 Å². The van der Waals surface area contributed by atoms with Crippen molar-refractivity contribution >= 4 is 23.3 Å². The summed E-state index contributed by atoms with van der Waals surface area (Å²) in [6, 6.07) is 1.67. The van der Waals surface area contributed by atoms with Gasteiger partial charge < -0.3 is 15.8 Å². The van der Waals surface area contributed by atoms with Crippen LogP contribution >= 0.6 is 11.6 Å². The van der Waals surface area contributed by atoms with Crippen LogP contribution in [0.4, 0.5) is 5.82 Å². The zero-order valence-electron chi connectivity index (χ0n) is 11.3. The largest absolute Gasteiger partial charge is 0.409 e. The normalized spacial score (nSPS) is 19.1. The average molecular weight is 295 g/mol. The fourth-order valence-corrected chi connectivity index (χ4v) is 2.70. The second-order valence-corrected chi connectivity index (χ2v) is 6.15. The SMILES string of the molecule is N/C(=N/O)c1ccnc(N(CC2CC2)CC2CC2)c1Cl. The van der Waals surface area contributed by atoms with Gasteiger partial charge >= 0.3 is 0 Å². The van der Waals surface area contributed by atoms with E-state index in [0.717, 1.165) is 30.7 Å². The summed E-state index contributed by atoms with van der Waals surface area (Å²) in [4.78, 5) is 6.69. The standard InChI is InChI=1S/C14H19ClN4O/c15-12-11(13(16)18-20)5-6-17-14(12)19(7-9-1-2-9)8-10-3-4-10/h5-6,9-10,20H,1-4,7-8H2,(H2,16,18). The molecule has 2 aliphatic rings. The molecule has 3 rings (SSSR count). The molecule has 1 aromatic rings. The number of pyridine rings is 1. The van der Waals surface area contributed by atoms with E-state index in [0.29, 0.717) is 10.6 Å². The molecule has 0 bridgehead atoms. The zero-order valence-corrected chi connectivity index (χ0v) is 12.1. The third kappa shape index (κ3) is 2.98. The first-order valence-electron chi connectivity index (χ1n) is 7.06. The summed E-state index contributed by atoms with van der Waals surface area (Å²) in [5, 5.41) is 12.3. The van der Waals surface area contributed by atoms with E-state index >= 15 is 0 Å². The summed E-state index contributed by atoms with van der Waals surface area (Å²) in [7, 11) is 0. The lowest BCUT2D eigenvalue weighted by atomic mass is 10.2. The molecule has 2 fully saturated rings. The van der Waals surface area contributed by atoms with Crippen LogP contribution in [-0.2, 0) is 0 Å². The van der Waals surface area contributed by atoms with E-state index in [4.69, 9.17) is 22.5 Å². The van der Waals surface area contributed by atoms with E-state index in [1.54, 1.807) is 12.3 Å². The number of halogens is 1. The molecule has 108 valence electrons. The van der Waals surface area contributed by atoms with Crippen molar-refractivity contribution in [1.29, 1.82) is 0 Å². The molecule has 0 amide bonds. The molecule has 0 unspecified atom stereocenters. The van der Waals surface area contributed by atoms with Crippen LogP contribution in [0.2, 0.25) is 5.02 Å². The number of hydrogen-bond donors (Lipinski definition) is 2. The van der Waals surface area contributed by atoms with Gasteiger partial charge in [-0.25, -0.2) is 4.98 Å². The number of oxime groups is 1. The van der Waals surface area contributed by atoms with E-state index in [1.165, 1.54) is 25.7 Å². The molecule has 6 heteroatoms. The Morgan fingerprint density at radius 1 is 1.35 bits per heavy atom. The number of nitrogens with two attached hydrogens (primary N) is 1. The van der Waals surface area contributed by atoms with Gasteiger partial charge in [-0.1, -0.05) is 16.8 Å². The molecule has 0 aromatic carbocycles. The summed E-state index contributed by atoms with van der Waals surface area (Å²) in [5.74, 6) is 2.31. The molecule has 20 heavy (non-hydrogen) atoms. The summed E-state index contributed by atoms with van der Waals surface area (Å²) in [6.07, 6.45) is 6.83. The van der Waals surface area contributed by atoms with Gasteiger partial charge in [0.15, 0.2) is 5.84 Å². The summed E-state index contributed by atoms with van der Waals surface area (Å²) in [5.41, 5.74) is 6.20. The van der Waals surface area contributed by atoms with E-state index in [2.05, 4.69) is 15.0 Å². The molecule has 0 spiro atoms. The van der Waals surface area contributed by atoms with Crippen molar-refractivity contribution in [3.63, 3.8) is 0 Å². The Balaban J connectivity index is 1.88. The quantitative estimate of drug-likeness (QED) is 0.366. The number of hydrogen-bond acceptors (Lipinski definition) is 4. The van der Waals surface area contributed by atoms with Crippen molar-refractivity contribution in [3.8, 4) is 0 Å². The van der Waals surface area contributed by atoms with Gasteiger partial charge in [0.05, 0.1) is 5.02 Å². The molecule has 5 nitrogen and oxygen atoms in total. The number of nitrogens with zero attached hydrogens (tertiary/aromatic N) is 3. The summed E-state index contributed by atoms with van der Waals surface area (Å²) < 4.78 is 0. The lowest BCUT2D eigenvalue weighted by molar-refractivity contribution is 0.318. The highest BCUT2D eigenvalue weighted by Crippen LogP contribution is 2.37. The van der Waals surface area contributed by atoms with E-state index < -0.39 is 0 Å². The monoisotopic (exact) mass is 294 g/mol. The average Bonchev–Trinajstić information content (AvgIpc) is 3.33.